The van der Waals surface area contributed by atoms with Gasteiger partial charge in [0.05, 0.1) is 12.2 Å². The number of aryl methyl sites for hydroxylation is 2. The van der Waals surface area contributed by atoms with Gasteiger partial charge in [0.1, 0.15) is 5.69 Å². The van der Waals surface area contributed by atoms with Gasteiger partial charge < -0.3 is 4.90 Å². The third-order valence-corrected chi connectivity index (χ3v) is 3.06. The van der Waals surface area contributed by atoms with Gasteiger partial charge in [-0.3, -0.25) is 14.2 Å². The zero-order valence-corrected chi connectivity index (χ0v) is 11.7. The summed E-state index contributed by atoms with van der Waals surface area (Å²) >= 11 is 0. The van der Waals surface area contributed by atoms with E-state index in [2.05, 4.69) is 10.2 Å². The molecular formula is C12H14F3N5O. The van der Waals surface area contributed by atoms with Crippen LogP contribution in [-0.4, -0.2) is 37.4 Å². The van der Waals surface area contributed by atoms with E-state index in [0.29, 0.717) is 0 Å². The standard InChI is InChI=1S/C12H14F3N5O/c1-18(7-8-4-5-16-19(8)2)11(21)9-6-10(12(13,14)15)17-20(9)3/h4-6H,7H2,1-3H3. The molecule has 0 fully saturated rings. The van der Waals surface area contributed by atoms with Crippen LogP contribution in [0, 0.1) is 0 Å². The SMILES string of the molecule is CN(Cc1ccnn1C)C(=O)c1cc(C(F)(F)F)nn1C. The Bertz CT molecular complexity index is 658. The number of hydrogen-bond donors (Lipinski definition) is 0. The summed E-state index contributed by atoms with van der Waals surface area (Å²) in [6.45, 7) is 0.238. The minimum absolute atomic E-state index is 0.119. The minimum Gasteiger partial charge on any atom is -0.334 e. The molecule has 0 N–H and O–H groups in total. The number of nitrogens with zero attached hydrogens (tertiary/aromatic N) is 5. The second-order valence-corrected chi connectivity index (χ2v) is 4.64. The van der Waals surface area contributed by atoms with Gasteiger partial charge in [-0.1, -0.05) is 0 Å². The highest BCUT2D eigenvalue weighted by Gasteiger charge is 2.35. The number of aromatic nitrogens is 4. The maximum atomic E-state index is 12.6. The second-order valence-electron chi connectivity index (χ2n) is 4.64. The van der Waals surface area contributed by atoms with Crippen LogP contribution < -0.4 is 0 Å². The lowest BCUT2D eigenvalue weighted by Gasteiger charge is -2.17. The van der Waals surface area contributed by atoms with Crippen molar-refractivity contribution in [1.82, 2.24) is 24.5 Å². The molecule has 0 bridgehead atoms. The van der Waals surface area contributed by atoms with Gasteiger partial charge in [0.2, 0.25) is 0 Å². The Balaban J connectivity index is 2.20. The number of halogens is 3. The summed E-state index contributed by atoms with van der Waals surface area (Å²) in [6.07, 6.45) is -2.99. The molecule has 0 aromatic carbocycles. The van der Waals surface area contributed by atoms with Crippen molar-refractivity contribution in [2.24, 2.45) is 14.1 Å². The predicted octanol–water partition coefficient (Wildman–Crippen LogP) is 1.44. The van der Waals surface area contributed by atoms with Crippen molar-refractivity contribution in [3.05, 3.63) is 35.4 Å². The highest BCUT2D eigenvalue weighted by atomic mass is 19.4. The van der Waals surface area contributed by atoms with E-state index in [1.54, 1.807) is 24.0 Å². The number of hydrogen-bond acceptors (Lipinski definition) is 3. The van der Waals surface area contributed by atoms with Gasteiger partial charge in [-0.15, -0.1) is 0 Å². The summed E-state index contributed by atoms with van der Waals surface area (Å²) in [5.41, 5.74) is -0.432. The molecule has 21 heavy (non-hydrogen) atoms. The van der Waals surface area contributed by atoms with Crippen molar-refractivity contribution in [2.45, 2.75) is 12.7 Å². The first-order valence-corrected chi connectivity index (χ1v) is 6.03. The molecule has 0 saturated heterocycles. The molecule has 0 aliphatic rings. The van der Waals surface area contributed by atoms with E-state index in [-0.39, 0.29) is 12.2 Å². The Morgan fingerprint density at radius 3 is 2.48 bits per heavy atom. The zero-order chi connectivity index (χ0) is 15.8. The molecule has 0 unspecified atom stereocenters. The highest BCUT2D eigenvalue weighted by molar-refractivity contribution is 5.92. The van der Waals surface area contributed by atoms with E-state index in [9.17, 15) is 18.0 Å². The third-order valence-electron chi connectivity index (χ3n) is 3.06. The van der Waals surface area contributed by atoms with Crippen molar-refractivity contribution >= 4 is 5.91 Å². The molecule has 9 heteroatoms. The first-order valence-electron chi connectivity index (χ1n) is 6.03. The molecule has 0 radical (unpaired) electrons. The van der Waals surface area contributed by atoms with Crippen LogP contribution in [0.15, 0.2) is 18.3 Å². The first kappa shape index (κ1) is 15.1. The fourth-order valence-electron chi connectivity index (χ4n) is 1.87. The van der Waals surface area contributed by atoms with E-state index in [0.717, 1.165) is 16.4 Å². The Morgan fingerprint density at radius 2 is 2.00 bits per heavy atom. The molecule has 0 atom stereocenters. The fraction of sp³-hybridized carbons (Fsp3) is 0.417. The van der Waals surface area contributed by atoms with Gasteiger partial charge in [-0.25, -0.2) is 0 Å². The Hall–Kier alpha value is -2.32. The van der Waals surface area contributed by atoms with E-state index < -0.39 is 17.8 Å². The summed E-state index contributed by atoms with van der Waals surface area (Å²) < 4.78 is 40.3. The molecule has 0 aliphatic heterocycles. The topological polar surface area (TPSA) is 56.0 Å². The second kappa shape index (κ2) is 5.23. The number of carbonyl (C=O) groups is 1. The number of alkyl halides is 3. The Labute approximate surface area is 118 Å². The molecular weight excluding hydrogens is 287 g/mol. The summed E-state index contributed by atoms with van der Waals surface area (Å²) in [5.74, 6) is -0.540. The van der Waals surface area contributed by atoms with Crippen molar-refractivity contribution in [1.29, 1.82) is 0 Å². The fourth-order valence-corrected chi connectivity index (χ4v) is 1.87. The summed E-state index contributed by atoms with van der Waals surface area (Å²) in [6, 6.07) is 2.48. The lowest BCUT2D eigenvalue weighted by Crippen LogP contribution is -2.28. The third kappa shape index (κ3) is 3.06. The van der Waals surface area contributed by atoms with E-state index in [1.807, 2.05) is 0 Å². The highest BCUT2D eigenvalue weighted by Crippen LogP contribution is 2.28. The summed E-state index contributed by atoms with van der Waals surface area (Å²) in [5, 5.41) is 7.29. The molecule has 2 heterocycles. The van der Waals surface area contributed by atoms with Crippen molar-refractivity contribution in [3.63, 3.8) is 0 Å². The van der Waals surface area contributed by atoms with Gasteiger partial charge in [-0.05, 0) is 6.07 Å². The first-order chi connectivity index (χ1) is 9.70. The average molecular weight is 301 g/mol. The molecule has 0 aliphatic carbocycles. The molecule has 2 aromatic heterocycles. The van der Waals surface area contributed by atoms with Crippen LogP contribution in [0.4, 0.5) is 13.2 Å². The van der Waals surface area contributed by atoms with Crippen LogP contribution in [-0.2, 0) is 26.8 Å². The molecule has 114 valence electrons. The van der Waals surface area contributed by atoms with Crippen LogP contribution >= 0.6 is 0 Å². The normalized spacial score (nSPS) is 11.7. The minimum atomic E-state index is -4.57. The Morgan fingerprint density at radius 1 is 1.33 bits per heavy atom. The van der Waals surface area contributed by atoms with E-state index >= 15 is 0 Å². The van der Waals surface area contributed by atoms with Crippen LogP contribution in [0.2, 0.25) is 0 Å². The van der Waals surface area contributed by atoms with Gasteiger partial charge >= 0.3 is 6.18 Å². The molecule has 1 amide bonds. The Kier molecular flexibility index (Phi) is 3.75. The number of amides is 1. The quantitative estimate of drug-likeness (QED) is 0.862. The monoisotopic (exact) mass is 301 g/mol. The maximum absolute atomic E-state index is 12.6. The number of rotatable bonds is 3. The smallest absolute Gasteiger partial charge is 0.334 e. The van der Waals surface area contributed by atoms with Crippen molar-refractivity contribution in [3.8, 4) is 0 Å². The average Bonchev–Trinajstić information content (AvgIpc) is 2.95. The summed E-state index contributed by atoms with van der Waals surface area (Å²) in [4.78, 5) is 13.5. The van der Waals surface area contributed by atoms with Crippen molar-refractivity contribution in [2.75, 3.05) is 7.05 Å². The molecule has 0 saturated carbocycles. The van der Waals surface area contributed by atoms with E-state index in [1.165, 1.54) is 19.0 Å². The number of carbonyl (C=O) groups excluding carboxylic acids is 1. The van der Waals surface area contributed by atoms with Gasteiger partial charge in [0, 0.05) is 33.4 Å². The molecule has 6 nitrogen and oxygen atoms in total. The lowest BCUT2D eigenvalue weighted by atomic mass is 10.3. The van der Waals surface area contributed by atoms with E-state index in [4.69, 9.17) is 0 Å². The zero-order valence-electron chi connectivity index (χ0n) is 11.7. The van der Waals surface area contributed by atoms with Crippen LogP contribution in [0.25, 0.3) is 0 Å². The van der Waals surface area contributed by atoms with Crippen LogP contribution in [0.3, 0.4) is 0 Å². The van der Waals surface area contributed by atoms with Gasteiger partial charge in [0.25, 0.3) is 5.91 Å². The molecule has 2 aromatic rings. The maximum Gasteiger partial charge on any atom is 0.435 e. The van der Waals surface area contributed by atoms with Gasteiger partial charge in [-0.2, -0.15) is 23.4 Å². The molecule has 2 rings (SSSR count). The lowest BCUT2D eigenvalue weighted by molar-refractivity contribution is -0.141. The molecule has 0 spiro atoms. The van der Waals surface area contributed by atoms with Crippen LogP contribution in [0.5, 0.6) is 0 Å². The van der Waals surface area contributed by atoms with Crippen LogP contribution in [0.1, 0.15) is 21.9 Å². The predicted molar refractivity (Wildman–Crippen MR) is 67.2 cm³/mol. The van der Waals surface area contributed by atoms with Crippen molar-refractivity contribution < 1.29 is 18.0 Å². The largest absolute Gasteiger partial charge is 0.435 e. The van der Waals surface area contributed by atoms with Gasteiger partial charge in [0.15, 0.2) is 5.69 Å². The summed E-state index contributed by atoms with van der Waals surface area (Å²) in [7, 11) is 4.54.